The van der Waals surface area contributed by atoms with E-state index >= 15 is 0 Å². The fraction of sp³-hybridized carbons (Fsp3) is 0.381. The molecule has 2 aromatic heterocycles. The van der Waals surface area contributed by atoms with E-state index in [1.54, 1.807) is 11.3 Å². The van der Waals surface area contributed by atoms with Crippen LogP contribution in [-0.4, -0.2) is 16.5 Å². The summed E-state index contributed by atoms with van der Waals surface area (Å²) in [6, 6.07) is 13.0. The molecule has 3 nitrogen and oxygen atoms in total. The number of amides is 1. The molecular weight excluding hydrogens is 328 g/mol. The van der Waals surface area contributed by atoms with Gasteiger partial charge in [0.2, 0.25) is 0 Å². The zero-order valence-electron chi connectivity index (χ0n) is 14.6. The maximum atomic E-state index is 12.9. The molecule has 0 spiro atoms. The zero-order valence-corrected chi connectivity index (χ0v) is 15.4. The van der Waals surface area contributed by atoms with Crippen LogP contribution >= 0.6 is 11.3 Å². The van der Waals surface area contributed by atoms with E-state index in [1.165, 1.54) is 35.2 Å². The lowest BCUT2D eigenvalue weighted by Crippen LogP contribution is -2.37. The third kappa shape index (κ3) is 3.49. The number of rotatable bonds is 4. The third-order valence-corrected chi connectivity index (χ3v) is 6.09. The minimum atomic E-state index is 0.0717. The molecule has 1 aliphatic carbocycles. The predicted molar refractivity (Wildman–Crippen MR) is 104 cm³/mol. The van der Waals surface area contributed by atoms with Gasteiger partial charge in [0.25, 0.3) is 5.91 Å². The number of hydrogen-bond donors (Lipinski definition) is 1. The lowest BCUT2D eigenvalue weighted by Gasteiger charge is -2.23. The van der Waals surface area contributed by atoms with Crippen molar-refractivity contribution >= 4 is 27.5 Å². The summed E-state index contributed by atoms with van der Waals surface area (Å²) in [6.07, 6.45) is 5.97. The minimum Gasteiger partial charge on any atom is -0.348 e. The van der Waals surface area contributed by atoms with Crippen LogP contribution in [0.25, 0.3) is 10.2 Å². The van der Waals surface area contributed by atoms with Crippen molar-refractivity contribution in [2.75, 3.05) is 0 Å². The van der Waals surface area contributed by atoms with Gasteiger partial charge in [-0.3, -0.25) is 4.79 Å². The van der Waals surface area contributed by atoms with E-state index in [0.29, 0.717) is 6.04 Å². The number of carbonyl (C=O) groups excluding carboxylic acids is 1. The van der Waals surface area contributed by atoms with E-state index < -0.39 is 0 Å². The van der Waals surface area contributed by atoms with Crippen LogP contribution in [0.4, 0.5) is 0 Å². The Bertz CT molecular complexity index is 869. The summed E-state index contributed by atoms with van der Waals surface area (Å²) in [5.74, 6) is 0.0717. The van der Waals surface area contributed by atoms with Crippen LogP contribution in [0.3, 0.4) is 0 Å². The number of benzene rings is 1. The van der Waals surface area contributed by atoms with Crippen LogP contribution in [0, 0.1) is 6.92 Å². The third-order valence-electron chi connectivity index (χ3n) is 5.14. The van der Waals surface area contributed by atoms with Gasteiger partial charge < -0.3 is 9.88 Å². The Labute approximate surface area is 152 Å². The summed E-state index contributed by atoms with van der Waals surface area (Å²) in [6.45, 7) is 2.83. The molecule has 1 amide bonds. The van der Waals surface area contributed by atoms with Crippen molar-refractivity contribution in [3.63, 3.8) is 0 Å². The highest BCUT2D eigenvalue weighted by Gasteiger charge is 2.21. The average molecular weight is 353 g/mol. The van der Waals surface area contributed by atoms with Crippen molar-refractivity contribution in [2.45, 2.75) is 51.6 Å². The first-order chi connectivity index (χ1) is 12.2. The molecule has 130 valence electrons. The van der Waals surface area contributed by atoms with Crippen molar-refractivity contribution in [3.05, 3.63) is 58.6 Å². The summed E-state index contributed by atoms with van der Waals surface area (Å²) in [5.41, 5.74) is 3.27. The van der Waals surface area contributed by atoms with Gasteiger partial charge >= 0.3 is 0 Å². The Kier molecular flexibility index (Phi) is 4.62. The van der Waals surface area contributed by atoms with Gasteiger partial charge in [-0.05, 0) is 42.8 Å². The van der Waals surface area contributed by atoms with Crippen molar-refractivity contribution < 1.29 is 4.79 Å². The number of hydrogen-bond acceptors (Lipinski definition) is 2. The van der Waals surface area contributed by atoms with Gasteiger partial charge in [-0.15, -0.1) is 11.3 Å². The summed E-state index contributed by atoms with van der Waals surface area (Å²) in [7, 11) is 0. The molecule has 0 saturated heterocycles. The molecular formula is C21H24N2OS. The SMILES string of the molecule is Cc1ccc(Cn2c(C(=O)NC3CCCCC3)cc3ccsc32)cc1. The van der Waals surface area contributed by atoms with E-state index in [1.807, 2.05) is 6.07 Å². The molecule has 0 radical (unpaired) electrons. The van der Waals surface area contributed by atoms with Crippen LogP contribution in [0.15, 0.2) is 41.8 Å². The molecule has 0 bridgehead atoms. The van der Waals surface area contributed by atoms with Crippen molar-refractivity contribution in [1.29, 1.82) is 0 Å². The number of thiophene rings is 1. The highest BCUT2D eigenvalue weighted by Crippen LogP contribution is 2.27. The van der Waals surface area contributed by atoms with Crippen LogP contribution < -0.4 is 5.32 Å². The molecule has 3 aromatic rings. The number of fused-ring (bicyclic) bond motifs is 1. The van der Waals surface area contributed by atoms with E-state index in [0.717, 1.165) is 30.5 Å². The Morgan fingerprint density at radius 2 is 1.92 bits per heavy atom. The first-order valence-corrected chi connectivity index (χ1v) is 10.0. The van der Waals surface area contributed by atoms with Gasteiger partial charge in [0, 0.05) is 18.0 Å². The molecule has 1 N–H and O–H groups in total. The molecule has 2 heterocycles. The van der Waals surface area contributed by atoms with E-state index in [9.17, 15) is 4.79 Å². The van der Waals surface area contributed by atoms with E-state index in [4.69, 9.17) is 0 Å². The van der Waals surface area contributed by atoms with Crippen LogP contribution in [0.2, 0.25) is 0 Å². The number of aryl methyl sites for hydroxylation is 1. The Hall–Kier alpha value is -2.07. The average Bonchev–Trinajstić information content (AvgIpc) is 3.20. The van der Waals surface area contributed by atoms with Crippen LogP contribution in [-0.2, 0) is 6.54 Å². The fourth-order valence-electron chi connectivity index (χ4n) is 3.70. The van der Waals surface area contributed by atoms with E-state index in [-0.39, 0.29) is 5.91 Å². The largest absolute Gasteiger partial charge is 0.348 e. The summed E-state index contributed by atoms with van der Waals surface area (Å²) < 4.78 is 2.17. The molecule has 0 aliphatic heterocycles. The molecule has 4 heteroatoms. The van der Waals surface area contributed by atoms with Gasteiger partial charge in [0.05, 0.1) is 0 Å². The van der Waals surface area contributed by atoms with Gasteiger partial charge in [0.15, 0.2) is 0 Å². The van der Waals surface area contributed by atoms with Gasteiger partial charge in [0.1, 0.15) is 10.5 Å². The molecule has 0 unspecified atom stereocenters. The molecule has 1 aliphatic rings. The predicted octanol–water partition coefficient (Wildman–Crippen LogP) is 5.12. The molecule has 1 saturated carbocycles. The maximum absolute atomic E-state index is 12.9. The fourth-order valence-corrected chi connectivity index (χ4v) is 4.60. The number of carbonyl (C=O) groups is 1. The Morgan fingerprint density at radius 1 is 1.16 bits per heavy atom. The van der Waals surface area contributed by atoms with Crippen molar-refractivity contribution in [1.82, 2.24) is 9.88 Å². The number of aromatic nitrogens is 1. The first-order valence-electron chi connectivity index (χ1n) is 9.14. The lowest BCUT2D eigenvalue weighted by atomic mass is 9.95. The molecule has 1 fully saturated rings. The quantitative estimate of drug-likeness (QED) is 0.694. The topological polar surface area (TPSA) is 34.0 Å². The molecule has 0 atom stereocenters. The van der Waals surface area contributed by atoms with Crippen molar-refractivity contribution in [2.24, 2.45) is 0 Å². The van der Waals surface area contributed by atoms with Crippen LogP contribution in [0.5, 0.6) is 0 Å². The Morgan fingerprint density at radius 3 is 2.68 bits per heavy atom. The number of nitrogens with zero attached hydrogens (tertiary/aromatic N) is 1. The van der Waals surface area contributed by atoms with E-state index in [2.05, 4.69) is 52.5 Å². The van der Waals surface area contributed by atoms with Gasteiger partial charge in [-0.2, -0.15) is 0 Å². The summed E-state index contributed by atoms with van der Waals surface area (Å²) >= 11 is 1.70. The second-order valence-corrected chi connectivity index (χ2v) is 7.99. The molecule has 4 rings (SSSR count). The minimum absolute atomic E-state index is 0.0717. The number of nitrogens with one attached hydrogen (secondary N) is 1. The second-order valence-electron chi connectivity index (χ2n) is 7.09. The normalized spacial score (nSPS) is 15.6. The van der Waals surface area contributed by atoms with Crippen molar-refractivity contribution in [3.8, 4) is 0 Å². The molecule has 25 heavy (non-hydrogen) atoms. The first kappa shape index (κ1) is 16.4. The standard InChI is InChI=1S/C21H24N2OS/c1-15-7-9-16(10-8-15)14-23-19(13-17-11-12-25-21(17)23)20(24)22-18-5-3-2-4-6-18/h7-13,18H,2-6,14H2,1H3,(H,22,24). The molecule has 1 aromatic carbocycles. The zero-order chi connectivity index (χ0) is 17.2. The van der Waals surface area contributed by atoms with Crippen LogP contribution in [0.1, 0.15) is 53.7 Å². The highest BCUT2D eigenvalue weighted by atomic mass is 32.1. The lowest BCUT2D eigenvalue weighted by molar-refractivity contribution is 0.0919. The second kappa shape index (κ2) is 7.04. The maximum Gasteiger partial charge on any atom is 0.268 e. The highest BCUT2D eigenvalue weighted by molar-refractivity contribution is 7.16. The summed E-state index contributed by atoms with van der Waals surface area (Å²) in [4.78, 5) is 14.1. The van der Waals surface area contributed by atoms with Gasteiger partial charge in [-0.1, -0.05) is 49.1 Å². The van der Waals surface area contributed by atoms with Gasteiger partial charge in [-0.25, -0.2) is 0 Å². The smallest absolute Gasteiger partial charge is 0.268 e. The monoisotopic (exact) mass is 352 g/mol. The summed E-state index contributed by atoms with van der Waals surface area (Å²) in [5, 5.41) is 6.52. The Balaban J connectivity index is 1.62.